The molecule has 0 spiro atoms. The first-order valence-corrected chi connectivity index (χ1v) is 15.9. The van der Waals surface area contributed by atoms with E-state index in [0.717, 1.165) is 30.5 Å². The SMILES string of the molecule is [2H]CC([2H])(C)C([2H])([2H])N(C([2H])([2H])[C@@]([2H])(O)[C@@]([2H])(N(C(=O)O)C1CO[C@@H]2OC=C[C@@H]12)C([2H])([2H])c1ccc(OCc2ccccc2)cc1)S(=O)(=O)c1c([2H])c([2H])c(OC(F)(F)F)c([2H])c1[2H]. The van der Waals surface area contributed by atoms with Crippen LogP contribution in [0.1, 0.15) is 44.1 Å². The molecule has 15 heteroatoms. The van der Waals surface area contributed by atoms with Crippen molar-refractivity contribution in [2.45, 2.75) is 62.5 Å². The van der Waals surface area contributed by atoms with E-state index in [-0.39, 0.29) is 17.3 Å². The summed E-state index contributed by atoms with van der Waals surface area (Å²) in [7, 11) is -6.74. The molecule has 1 amide bonds. The van der Waals surface area contributed by atoms with Crippen molar-refractivity contribution >= 4 is 16.1 Å². The van der Waals surface area contributed by atoms with Crippen molar-refractivity contribution in [3.63, 3.8) is 0 Å². The van der Waals surface area contributed by atoms with Crippen molar-refractivity contribution in [2.75, 3.05) is 19.6 Å². The van der Waals surface area contributed by atoms with Gasteiger partial charge in [-0.25, -0.2) is 13.2 Å². The molecule has 0 radical (unpaired) electrons. The summed E-state index contributed by atoms with van der Waals surface area (Å²) >= 11 is 0. The third kappa shape index (κ3) is 9.27. The first-order chi connectivity index (χ1) is 29.3. The van der Waals surface area contributed by atoms with E-state index >= 15 is 0 Å². The van der Waals surface area contributed by atoms with E-state index in [1.165, 1.54) is 6.08 Å². The number of carboxylic acid groups (broad SMARTS) is 1. The zero-order chi connectivity index (χ0) is 48.4. The number of halogens is 3. The van der Waals surface area contributed by atoms with Crippen molar-refractivity contribution in [2.24, 2.45) is 11.8 Å². The molecule has 2 aliphatic rings. The summed E-state index contributed by atoms with van der Waals surface area (Å²) in [6.07, 6.45) is -16.1. The van der Waals surface area contributed by atoms with Crippen LogP contribution in [-0.2, 0) is 32.5 Å². The van der Waals surface area contributed by atoms with Gasteiger partial charge in [-0.05, 0) is 65.8 Å². The zero-order valence-corrected chi connectivity index (χ0v) is 26.7. The summed E-state index contributed by atoms with van der Waals surface area (Å²) in [4.78, 5) is 11.1. The fourth-order valence-corrected chi connectivity index (χ4v) is 5.73. The van der Waals surface area contributed by atoms with Crippen molar-refractivity contribution < 1.29 is 74.7 Å². The van der Waals surface area contributed by atoms with Gasteiger partial charge in [0.05, 0.1) is 50.0 Å². The molecule has 2 aliphatic heterocycles. The Morgan fingerprint density at radius 1 is 1.10 bits per heavy atom. The largest absolute Gasteiger partial charge is 0.573 e. The number of carbonyl (C=O) groups is 1. The topological polar surface area (TPSA) is 135 Å². The molecule has 2 heterocycles. The van der Waals surface area contributed by atoms with Gasteiger partial charge in [-0.15, -0.1) is 13.2 Å². The predicted octanol–water partition coefficient (Wildman–Crippen LogP) is 5.65. The van der Waals surface area contributed by atoms with E-state index in [9.17, 15) is 44.8 Å². The highest BCUT2D eigenvalue weighted by Gasteiger charge is 2.48. The van der Waals surface area contributed by atoms with Crippen LogP contribution in [0.3, 0.4) is 0 Å². The fourth-order valence-electron chi connectivity index (χ4n) is 4.70. The quantitative estimate of drug-likeness (QED) is 0.203. The zero-order valence-electron chi connectivity index (χ0n) is 39.9. The maximum Gasteiger partial charge on any atom is 0.573 e. The van der Waals surface area contributed by atoms with Crippen LogP contribution >= 0.6 is 0 Å². The number of rotatable bonds is 15. The number of alkyl halides is 3. The van der Waals surface area contributed by atoms with Gasteiger partial charge >= 0.3 is 12.5 Å². The molecule has 11 nitrogen and oxygen atoms in total. The Morgan fingerprint density at radius 3 is 2.44 bits per heavy atom. The van der Waals surface area contributed by atoms with Gasteiger partial charge in [0.1, 0.15) is 18.1 Å². The monoisotopic (exact) mass is 734 g/mol. The number of sulfonamides is 1. The molecule has 2 unspecified atom stereocenters. The van der Waals surface area contributed by atoms with E-state index in [1.807, 2.05) is 0 Å². The third-order valence-electron chi connectivity index (χ3n) is 6.87. The highest BCUT2D eigenvalue weighted by atomic mass is 32.2. The average Bonchev–Trinajstić information content (AvgIpc) is 3.82. The minimum Gasteiger partial charge on any atom is -0.489 e. The van der Waals surface area contributed by atoms with Crippen LogP contribution in [0, 0.1) is 11.8 Å². The first kappa shape index (κ1) is 22.5. The Hall–Kier alpha value is -4.31. The molecule has 0 aliphatic carbocycles. The van der Waals surface area contributed by atoms with E-state index in [4.69, 9.17) is 25.2 Å². The summed E-state index contributed by atoms with van der Waals surface area (Å²) in [6.45, 7) is -11.3. The molecule has 270 valence electrons. The lowest BCUT2D eigenvalue weighted by Gasteiger charge is -2.39. The van der Waals surface area contributed by atoms with Gasteiger partial charge in [-0.3, -0.25) is 4.90 Å². The molecule has 6 atom stereocenters. The number of amides is 1. The Labute approximate surface area is 308 Å². The van der Waals surface area contributed by atoms with Gasteiger partial charge in [0.25, 0.3) is 0 Å². The summed E-state index contributed by atoms with van der Waals surface area (Å²) < 4.78 is 212. The molecule has 3 aromatic carbocycles. The van der Waals surface area contributed by atoms with Crippen molar-refractivity contribution in [1.82, 2.24) is 9.21 Å². The molecule has 3 aromatic rings. The molecular weight excluding hydrogens is 681 g/mol. The van der Waals surface area contributed by atoms with Crippen molar-refractivity contribution in [1.29, 1.82) is 0 Å². The van der Waals surface area contributed by atoms with E-state index in [2.05, 4.69) is 4.74 Å². The molecule has 50 heavy (non-hydrogen) atoms. The maximum absolute atomic E-state index is 14.8. The Bertz CT molecular complexity index is 2360. The van der Waals surface area contributed by atoms with Gasteiger partial charge in [-0.2, -0.15) is 4.31 Å². The number of hydrogen-bond acceptors (Lipinski definition) is 8. The predicted molar refractivity (Wildman–Crippen MR) is 175 cm³/mol. The van der Waals surface area contributed by atoms with Crippen molar-refractivity contribution in [3.05, 3.63) is 102 Å². The maximum atomic E-state index is 14.8. The number of aliphatic hydroxyl groups is 1. The lowest BCUT2D eigenvalue weighted by Crippen LogP contribution is -2.57. The molecule has 1 fully saturated rings. The molecule has 0 bridgehead atoms. The lowest BCUT2D eigenvalue weighted by atomic mass is 9.94. The summed E-state index contributed by atoms with van der Waals surface area (Å²) in [6, 6.07) is -1.44. The smallest absolute Gasteiger partial charge is 0.489 e. The average molecular weight is 735 g/mol. The number of ether oxygens (including phenoxy) is 4. The summed E-state index contributed by atoms with van der Waals surface area (Å²) in [5, 5.41) is 23.3. The Morgan fingerprint density at radius 2 is 1.80 bits per heavy atom. The summed E-state index contributed by atoms with van der Waals surface area (Å²) in [5.41, 5.74) is -0.107. The van der Waals surface area contributed by atoms with Crippen molar-refractivity contribution in [3.8, 4) is 11.5 Å². The van der Waals surface area contributed by atoms with Crippen LogP contribution in [0.5, 0.6) is 11.5 Å². The van der Waals surface area contributed by atoms with Crippen LogP contribution in [0.25, 0.3) is 0 Å². The van der Waals surface area contributed by atoms with Gasteiger partial charge < -0.3 is 29.2 Å². The van der Waals surface area contributed by atoms with Gasteiger partial charge in [0.2, 0.25) is 16.3 Å². The van der Waals surface area contributed by atoms with E-state index < -0.39 is 136 Å². The van der Waals surface area contributed by atoms with E-state index in [0.29, 0.717) is 12.5 Å². The molecule has 1 saturated heterocycles. The number of nitrogens with zero attached hydrogens (tertiary/aromatic N) is 2. The second-order valence-electron chi connectivity index (χ2n) is 10.6. The minimum atomic E-state index is -6.74. The highest BCUT2D eigenvalue weighted by Crippen LogP contribution is 2.35. The second-order valence-corrected chi connectivity index (χ2v) is 12.3. The fraction of sp³-hybridized carbons (Fsp3) is 0.400. The van der Waals surface area contributed by atoms with Crippen LogP contribution in [0.2, 0.25) is 0 Å². The molecule has 0 aromatic heterocycles. The molecule has 5 rings (SSSR count). The number of hydrogen-bond donors (Lipinski definition) is 2. The molecular formula is C35H39F3N2O9S. The van der Waals surface area contributed by atoms with E-state index in [1.54, 1.807) is 30.3 Å². The molecule has 2 N–H and O–H groups in total. The van der Waals surface area contributed by atoms with Crippen LogP contribution in [0.4, 0.5) is 18.0 Å². The highest BCUT2D eigenvalue weighted by molar-refractivity contribution is 7.89. The van der Waals surface area contributed by atoms with Crippen LogP contribution in [-0.4, -0.2) is 84.3 Å². The third-order valence-corrected chi connectivity index (χ3v) is 8.25. The van der Waals surface area contributed by atoms with Gasteiger partial charge in [-0.1, -0.05) is 56.3 Å². The van der Waals surface area contributed by atoms with Crippen LogP contribution in [0.15, 0.2) is 96.0 Å². The Balaban J connectivity index is 1.81. The standard InChI is InChI=1S/C35H39F3N2O9S/c1-23(2)19-39(50(44,45)28-14-12-27(13-15-28)49-35(36,37)38)20-32(41)30(40(34(42)43)31-22-48-33-29(31)16-17-46-33)18-24-8-10-26(11-9-24)47-21-25-6-4-3-5-7-25/h3-17,23,29-33,41H,18-22H2,1-2H3,(H,42,43)/t29-,30-,31?,32+,33-/m0/s1/i1D,12D,13D,14D,15D,18D2,19D2,20D2,23D,30D,32D/t23?,29-,30-,31?,32+,33-. The molecule has 0 saturated carbocycles. The number of fused-ring (bicyclic) bond motifs is 1. The summed E-state index contributed by atoms with van der Waals surface area (Å²) in [5.74, 6) is -6.39. The Kier molecular flexibility index (Phi) is 7.07. The normalized spacial score (nSPS) is 27.3. The lowest BCUT2D eigenvalue weighted by molar-refractivity contribution is -0.274. The van der Waals surface area contributed by atoms with Gasteiger partial charge in [0, 0.05) is 24.0 Å². The van der Waals surface area contributed by atoms with Crippen LogP contribution < -0.4 is 9.47 Å². The number of benzene rings is 3. The first-order valence-electron chi connectivity index (χ1n) is 21.6. The second kappa shape index (κ2) is 15.7. The van der Waals surface area contributed by atoms with Gasteiger partial charge in [0.15, 0.2) is 0 Å². The minimum absolute atomic E-state index is 0.0180.